The molecule has 2 aromatic carbocycles. The highest BCUT2D eigenvalue weighted by molar-refractivity contribution is 5.99. The number of hydrogen-bond acceptors (Lipinski definition) is 1. The van der Waals surface area contributed by atoms with Crippen LogP contribution in [0.25, 0.3) is 5.57 Å². The number of carbonyl (C=O) groups excluding carboxylic acids is 1. The predicted octanol–water partition coefficient (Wildman–Crippen LogP) is 3.64. The average Bonchev–Trinajstić information content (AvgIpc) is 2.46. The van der Waals surface area contributed by atoms with E-state index in [4.69, 9.17) is 0 Å². The molecule has 102 valence electrons. The van der Waals surface area contributed by atoms with E-state index in [1.165, 1.54) is 0 Å². The van der Waals surface area contributed by atoms with E-state index in [0.29, 0.717) is 0 Å². The Hall–Kier alpha value is -2.35. The molecule has 2 aromatic rings. The summed E-state index contributed by atoms with van der Waals surface area (Å²) in [5.41, 5.74) is 3.01. The summed E-state index contributed by atoms with van der Waals surface area (Å²) < 4.78 is 0. The first-order valence-electron chi connectivity index (χ1n) is 6.80. The van der Waals surface area contributed by atoms with Gasteiger partial charge in [0.25, 0.3) is 0 Å². The summed E-state index contributed by atoms with van der Waals surface area (Å²) in [4.78, 5) is 12.0. The summed E-state index contributed by atoms with van der Waals surface area (Å²) in [7, 11) is 0. The molecule has 0 aliphatic heterocycles. The van der Waals surface area contributed by atoms with Crippen LogP contribution in [0.4, 0.5) is 0 Å². The zero-order valence-electron chi connectivity index (χ0n) is 11.8. The van der Waals surface area contributed by atoms with Crippen LogP contribution in [-0.2, 0) is 4.79 Å². The SMILES string of the molecule is CC(C)NC(=O)C=C(c1ccccc1)c1ccccc1. The highest BCUT2D eigenvalue weighted by Gasteiger charge is 2.07. The van der Waals surface area contributed by atoms with E-state index in [-0.39, 0.29) is 11.9 Å². The van der Waals surface area contributed by atoms with Crippen LogP contribution in [0.2, 0.25) is 0 Å². The van der Waals surface area contributed by atoms with Crippen molar-refractivity contribution in [2.24, 2.45) is 0 Å². The number of amides is 1. The van der Waals surface area contributed by atoms with E-state index in [1.54, 1.807) is 6.08 Å². The molecule has 2 rings (SSSR count). The van der Waals surface area contributed by atoms with Gasteiger partial charge in [0.1, 0.15) is 0 Å². The molecular formula is C18H19NO. The van der Waals surface area contributed by atoms with Crippen LogP contribution in [0, 0.1) is 0 Å². The van der Waals surface area contributed by atoms with E-state index in [9.17, 15) is 4.79 Å². The van der Waals surface area contributed by atoms with Gasteiger partial charge in [0.05, 0.1) is 0 Å². The first kappa shape index (κ1) is 14.1. The smallest absolute Gasteiger partial charge is 0.244 e. The zero-order chi connectivity index (χ0) is 14.4. The summed E-state index contributed by atoms with van der Waals surface area (Å²) in [6.07, 6.45) is 1.67. The summed E-state index contributed by atoms with van der Waals surface area (Å²) >= 11 is 0. The minimum absolute atomic E-state index is 0.0669. The maximum Gasteiger partial charge on any atom is 0.244 e. The van der Waals surface area contributed by atoms with Crippen molar-refractivity contribution in [2.75, 3.05) is 0 Å². The Bertz CT molecular complexity index is 544. The van der Waals surface area contributed by atoms with Crippen molar-refractivity contribution in [1.82, 2.24) is 5.32 Å². The minimum Gasteiger partial charge on any atom is -0.350 e. The fourth-order valence-corrected chi connectivity index (χ4v) is 2.03. The molecule has 1 amide bonds. The molecule has 1 N–H and O–H groups in total. The van der Waals surface area contributed by atoms with Gasteiger partial charge in [0.15, 0.2) is 0 Å². The molecule has 0 heterocycles. The van der Waals surface area contributed by atoms with Crippen molar-refractivity contribution in [1.29, 1.82) is 0 Å². The third kappa shape index (κ3) is 3.82. The van der Waals surface area contributed by atoms with Gasteiger partial charge in [-0.1, -0.05) is 60.7 Å². The Balaban J connectivity index is 2.40. The second-order valence-electron chi connectivity index (χ2n) is 4.95. The molecule has 2 heteroatoms. The van der Waals surface area contributed by atoms with Gasteiger partial charge in [0, 0.05) is 12.1 Å². The lowest BCUT2D eigenvalue weighted by Crippen LogP contribution is -2.28. The Labute approximate surface area is 120 Å². The van der Waals surface area contributed by atoms with Crippen LogP contribution in [0.1, 0.15) is 25.0 Å². The second-order valence-corrected chi connectivity index (χ2v) is 4.95. The van der Waals surface area contributed by atoms with Crippen molar-refractivity contribution < 1.29 is 4.79 Å². The van der Waals surface area contributed by atoms with Crippen LogP contribution in [0.5, 0.6) is 0 Å². The monoisotopic (exact) mass is 265 g/mol. The lowest BCUT2D eigenvalue weighted by molar-refractivity contribution is -0.116. The largest absolute Gasteiger partial charge is 0.350 e. The summed E-state index contributed by atoms with van der Waals surface area (Å²) in [6.45, 7) is 3.91. The fourth-order valence-electron chi connectivity index (χ4n) is 2.03. The van der Waals surface area contributed by atoms with Gasteiger partial charge in [-0.25, -0.2) is 0 Å². The highest BCUT2D eigenvalue weighted by atomic mass is 16.1. The second kappa shape index (κ2) is 6.71. The lowest BCUT2D eigenvalue weighted by Gasteiger charge is -2.10. The Morgan fingerprint density at radius 3 is 1.75 bits per heavy atom. The number of rotatable bonds is 4. The normalized spacial score (nSPS) is 10.2. The number of hydrogen-bond donors (Lipinski definition) is 1. The van der Waals surface area contributed by atoms with Crippen LogP contribution in [0.3, 0.4) is 0 Å². The molecule has 20 heavy (non-hydrogen) atoms. The molecule has 0 unspecified atom stereocenters. The van der Waals surface area contributed by atoms with Gasteiger partial charge < -0.3 is 5.32 Å². The van der Waals surface area contributed by atoms with E-state index >= 15 is 0 Å². The van der Waals surface area contributed by atoms with Gasteiger partial charge in [0.2, 0.25) is 5.91 Å². The van der Waals surface area contributed by atoms with Crippen LogP contribution >= 0.6 is 0 Å². The fraction of sp³-hybridized carbons (Fsp3) is 0.167. The van der Waals surface area contributed by atoms with E-state index < -0.39 is 0 Å². The van der Waals surface area contributed by atoms with E-state index in [2.05, 4.69) is 5.32 Å². The molecule has 0 saturated heterocycles. The standard InChI is InChI=1S/C18H19NO/c1-14(2)19-18(20)13-17(15-9-5-3-6-10-15)16-11-7-4-8-12-16/h3-14H,1-2H3,(H,19,20). The minimum atomic E-state index is -0.0669. The van der Waals surface area contributed by atoms with Crippen LogP contribution < -0.4 is 5.32 Å². The Kier molecular flexibility index (Phi) is 4.72. The van der Waals surface area contributed by atoms with Gasteiger partial charge in [-0.3, -0.25) is 4.79 Å². The first-order chi connectivity index (χ1) is 9.66. The topological polar surface area (TPSA) is 29.1 Å². The Morgan fingerprint density at radius 1 is 0.900 bits per heavy atom. The lowest BCUT2D eigenvalue weighted by atomic mass is 9.97. The van der Waals surface area contributed by atoms with Crippen molar-refractivity contribution in [3.05, 3.63) is 77.9 Å². The van der Waals surface area contributed by atoms with Gasteiger partial charge in [-0.2, -0.15) is 0 Å². The molecule has 0 spiro atoms. The molecule has 0 bridgehead atoms. The van der Waals surface area contributed by atoms with Crippen molar-refractivity contribution >= 4 is 11.5 Å². The molecule has 0 atom stereocenters. The van der Waals surface area contributed by atoms with Gasteiger partial charge in [-0.15, -0.1) is 0 Å². The van der Waals surface area contributed by atoms with Crippen molar-refractivity contribution in [2.45, 2.75) is 19.9 Å². The zero-order valence-corrected chi connectivity index (χ0v) is 11.8. The number of benzene rings is 2. The van der Waals surface area contributed by atoms with Crippen molar-refractivity contribution in [3.8, 4) is 0 Å². The molecule has 0 aromatic heterocycles. The summed E-state index contributed by atoms with van der Waals surface area (Å²) in [6, 6.07) is 20.1. The molecule has 0 fully saturated rings. The predicted molar refractivity (Wildman–Crippen MR) is 83.2 cm³/mol. The third-order valence-corrected chi connectivity index (χ3v) is 2.88. The molecule has 0 saturated carbocycles. The van der Waals surface area contributed by atoms with E-state index in [0.717, 1.165) is 16.7 Å². The molecular weight excluding hydrogens is 246 g/mol. The maximum absolute atomic E-state index is 12.0. The Morgan fingerprint density at radius 2 is 1.35 bits per heavy atom. The molecule has 2 nitrogen and oxygen atoms in total. The number of carbonyl (C=O) groups is 1. The summed E-state index contributed by atoms with van der Waals surface area (Å²) in [5, 5.41) is 2.90. The molecule has 0 aliphatic carbocycles. The third-order valence-electron chi connectivity index (χ3n) is 2.88. The first-order valence-corrected chi connectivity index (χ1v) is 6.80. The quantitative estimate of drug-likeness (QED) is 0.840. The summed E-state index contributed by atoms with van der Waals surface area (Å²) in [5.74, 6) is -0.0669. The molecule has 0 aliphatic rings. The van der Waals surface area contributed by atoms with E-state index in [1.807, 2.05) is 74.5 Å². The van der Waals surface area contributed by atoms with Crippen molar-refractivity contribution in [3.63, 3.8) is 0 Å². The average molecular weight is 265 g/mol. The van der Waals surface area contributed by atoms with Gasteiger partial charge in [-0.05, 0) is 30.5 Å². The highest BCUT2D eigenvalue weighted by Crippen LogP contribution is 2.22. The van der Waals surface area contributed by atoms with Crippen LogP contribution in [-0.4, -0.2) is 11.9 Å². The van der Waals surface area contributed by atoms with Gasteiger partial charge >= 0.3 is 0 Å². The van der Waals surface area contributed by atoms with Crippen LogP contribution in [0.15, 0.2) is 66.7 Å². The molecule has 0 radical (unpaired) electrons. The number of nitrogens with one attached hydrogen (secondary N) is 1. The maximum atomic E-state index is 12.0.